The molecule has 0 bridgehead atoms. The molecule has 2 aromatic carbocycles. The first kappa shape index (κ1) is 17.9. The summed E-state index contributed by atoms with van der Waals surface area (Å²) in [4.78, 5) is 16.3. The molecule has 1 amide bonds. The molecule has 0 aliphatic heterocycles. The Hall–Kier alpha value is -2.93. The number of ether oxygens (including phenoxy) is 1. The van der Waals surface area contributed by atoms with Gasteiger partial charge in [-0.1, -0.05) is 36.5 Å². The number of hydrogen-bond donors (Lipinski definition) is 2. The summed E-state index contributed by atoms with van der Waals surface area (Å²) in [5.41, 5.74) is 10.8. The molecule has 0 fully saturated rings. The summed E-state index contributed by atoms with van der Waals surface area (Å²) in [7, 11) is 0. The van der Waals surface area contributed by atoms with E-state index in [9.17, 15) is 4.79 Å². The van der Waals surface area contributed by atoms with Crippen LogP contribution in [0.5, 0.6) is 5.75 Å². The molecule has 0 spiro atoms. The fraction of sp³-hybridized carbons (Fsp3) is 0.211. The van der Waals surface area contributed by atoms with Crippen molar-refractivity contribution in [3.8, 4) is 5.75 Å². The van der Waals surface area contributed by atoms with Crippen molar-refractivity contribution in [3.05, 3.63) is 53.6 Å². The fourth-order valence-electron chi connectivity index (χ4n) is 2.43. The summed E-state index contributed by atoms with van der Waals surface area (Å²) in [6.45, 7) is 2.69. The lowest BCUT2D eigenvalue weighted by Crippen LogP contribution is -2.19. The lowest BCUT2D eigenvalue weighted by molar-refractivity contribution is -0.120. The van der Waals surface area contributed by atoms with E-state index in [2.05, 4.69) is 22.4 Å². The molecule has 6 nitrogen and oxygen atoms in total. The van der Waals surface area contributed by atoms with Crippen molar-refractivity contribution in [2.75, 3.05) is 12.3 Å². The van der Waals surface area contributed by atoms with Crippen LogP contribution in [0.25, 0.3) is 10.2 Å². The van der Waals surface area contributed by atoms with Gasteiger partial charge in [0.1, 0.15) is 5.75 Å². The number of carbonyl (C=O) groups is 1. The van der Waals surface area contributed by atoms with Crippen molar-refractivity contribution < 1.29 is 9.53 Å². The van der Waals surface area contributed by atoms with Crippen LogP contribution in [-0.2, 0) is 11.2 Å². The summed E-state index contributed by atoms with van der Waals surface area (Å²) in [5, 5.41) is 4.56. The number of rotatable bonds is 7. The zero-order chi connectivity index (χ0) is 18.4. The van der Waals surface area contributed by atoms with Crippen molar-refractivity contribution in [1.29, 1.82) is 0 Å². The molecule has 0 saturated heterocycles. The van der Waals surface area contributed by atoms with Crippen LogP contribution in [0, 0.1) is 0 Å². The summed E-state index contributed by atoms with van der Waals surface area (Å²) in [6, 6.07) is 13.3. The van der Waals surface area contributed by atoms with Crippen LogP contribution in [0.15, 0.2) is 47.6 Å². The van der Waals surface area contributed by atoms with Crippen LogP contribution in [0.3, 0.4) is 0 Å². The van der Waals surface area contributed by atoms with Crippen LogP contribution < -0.4 is 15.9 Å². The van der Waals surface area contributed by atoms with Gasteiger partial charge in [-0.25, -0.2) is 10.4 Å². The standard InChI is InChI=1S/C19H20N4O2S/c1-2-9-25-16-6-4-3-5-14(16)12-21-23-18(24)11-13-7-8-15-17(10-13)26-19(20)22-15/h3-8,10,12H,2,9,11H2,1H3,(H2,20,22)(H,23,24)/b21-12-. The van der Waals surface area contributed by atoms with Gasteiger partial charge in [0.25, 0.3) is 0 Å². The number of thiazole rings is 1. The molecule has 1 aromatic heterocycles. The summed E-state index contributed by atoms with van der Waals surface area (Å²) < 4.78 is 6.63. The molecule has 0 aliphatic carbocycles. The first-order chi connectivity index (χ1) is 12.7. The number of nitrogens with zero attached hydrogens (tertiary/aromatic N) is 2. The number of hydrogen-bond acceptors (Lipinski definition) is 6. The predicted molar refractivity (Wildman–Crippen MR) is 106 cm³/mol. The number of carbonyl (C=O) groups excluding carboxylic acids is 1. The third kappa shape index (κ3) is 4.58. The lowest BCUT2D eigenvalue weighted by Gasteiger charge is -2.07. The number of aromatic nitrogens is 1. The highest BCUT2D eigenvalue weighted by Crippen LogP contribution is 2.24. The lowest BCUT2D eigenvalue weighted by atomic mass is 10.1. The van der Waals surface area contributed by atoms with E-state index in [0.717, 1.165) is 33.5 Å². The van der Waals surface area contributed by atoms with Gasteiger partial charge < -0.3 is 10.5 Å². The third-order valence-corrected chi connectivity index (χ3v) is 4.45. The molecule has 0 atom stereocenters. The first-order valence-corrected chi connectivity index (χ1v) is 9.16. The van der Waals surface area contributed by atoms with Gasteiger partial charge in [0.2, 0.25) is 5.91 Å². The van der Waals surface area contributed by atoms with E-state index in [0.29, 0.717) is 11.7 Å². The Morgan fingerprint density at radius 2 is 2.19 bits per heavy atom. The number of fused-ring (bicyclic) bond motifs is 1. The molecular weight excluding hydrogens is 348 g/mol. The zero-order valence-corrected chi connectivity index (χ0v) is 15.3. The molecule has 3 aromatic rings. The molecule has 134 valence electrons. The third-order valence-electron chi connectivity index (χ3n) is 3.61. The molecule has 0 radical (unpaired) electrons. The Labute approximate surface area is 155 Å². The highest BCUT2D eigenvalue weighted by molar-refractivity contribution is 7.22. The Balaban J connectivity index is 1.60. The smallest absolute Gasteiger partial charge is 0.244 e. The average Bonchev–Trinajstić information content (AvgIpc) is 3.00. The Kier molecular flexibility index (Phi) is 5.80. The van der Waals surface area contributed by atoms with Crippen LogP contribution in [-0.4, -0.2) is 23.7 Å². The van der Waals surface area contributed by atoms with Crippen LogP contribution >= 0.6 is 11.3 Å². The first-order valence-electron chi connectivity index (χ1n) is 8.34. The molecular formula is C19H20N4O2S. The van der Waals surface area contributed by atoms with Crippen molar-refractivity contribution in [2.45, 2.75) is 19.8 Å². The van der Waals surface area contributed by atoms with Gasteiger partial charge in [0, 0.05) is 5.56 Å². The van der Waals surface area contributed by atoms with Crippen molar-refractivity contribution in [2.24, 2.45) is 5.10 Å². The molecule has 3 rings (SSSR count). The number of nitrogens with one attached hydrogen (secondary N) is 1. The Morgan fingerprint density at radius 1 is 1.35 bits per heavy atom. The van der Waals surface area contributed by atoms with E-state index in [4.69, 9.17) is 10.5 Å². The van der Waals surface area contributed by atoms with Crippen LogP contribution in [0.2, 0.25) is 0 Å². The van der Waals surface area contributed by atoms with E-state index in [1.807, 2.05) is 42.5 Å². The number of benzene rings is 2. The SMILES string of the molecule is CCCOc1ccccc1/C=N\NC(=O)Cc1ccc2nc(N)sc2c1. The van der Waals surface area contributed by atoms with Gasteiger partial charge in [0.15, 0.2) is 5.13 Å². The van der Waals surface area contributed by atoms with Crippen LogP contribution in [0.1, 0.15) is 24.5 Å². The van der Waals surface area contributed by atoms with E-state index >= 15 is 0 Å². The van der Waals surface area contributed by atoms with E-state index in [1.54, 1.807) is 6.21 Å². The molecule has 0 unspecified atom stereocenters. The summed E-state index contributed by atoms with van der Waals surface area (Å²) in [5.74, 6) is 0.561. The average molecular weight is 368 g/mol. The largest absolute Gasteiger partial charge is 0.493 e. The summed E-state index contributed by atoms with van der Waals surface area (Å²) in [6.07, 6.45) is 2.76. The number of para-hydroxylation sites is 1. The van der Waals surface area contributed by atoms with Gasteiger partial charge in [-0.3, -0.25) is 4.79 Å². The minimum Gasteiger partial charge on any atom is -0.493 e. The summed E-state index contributed by atoms with van der Waals surface area (Å²) >= 11 is 1.41. The predicted octanol–water partition coefficient (Wildman–Crippen LogP) is 3.36. The van der Waals surface area contributed by atoms with Crippen molar-refractivity contribution in [1.82, 2.24) is 10.4 Å². The van der Waals surface area contributed by atoms with Gasteiger partial charge >= 0.3 is 0 Å². The highest BCUT2D eigenvalue weighted by Gasteiger charge is 2.06. The maximum atomic E-state index is 12.1. The Bertz CT molecular complexity index is 936. The zero-order valence-electron chi connectivity index (χ0n) is 14.4. The molecule has 0 saturated carbocycles. The molecule has 1 heterocycles. The molecule has 7 heteroatoms. The van der Waals surface area contributed by atoms with Crippen molar-refractivity contribution >= 4 is 38.8 Å². The fourth-order valence-corrected chi connectivity index (χ4v) is 3.22. The number of nitrogens with two attached hydrogens (primary N) is 1. The van der Waals surface area contributed by atoms with Gasteiger partial charge in [0.05, 0.1) is 29.5 Å². The second-order valence-corrected chi connectivity index (χ2v) is 6.77. The number of amides is 1. The van der Waals surface area contributed by atoms with Gasteiger partial charge in [-0.15, -0.1) is 0 Å². The van der Waals surface area contributed by atoms with Crippen LogP contribution in [0.4, 0.5) is 5.13 Å². The number of anilines is 1. The monoisotopic (exact) mass is 368 g/mol. The van der Waals surface area contributed by atoms with E-state index < -0.39 is 0 Å². The Morgan fingerprint density at radius 3 is 3.04 bits per heavy atom. The quantitative estimate of drug-likeness (QED) is 0.494. The minimum atomic E-state index is -0.190. The van der Waals surface area contributed by atoms with E-state index in [1.165, 1.54) is 11.3 Å². The van der Waals surface area contributed by atoms with E-state index in [-0.39, 0.29) is 12.3 Å². The number of hydrazone groups is 1. The molecule has 26 heavy (non-hydrogen) atoms. The van der Waals surface area contributed by atoms with Gasteiger partial charge in [-0.2, -0.15) is 5.10 Å². The topological polar surface area (TPSA) is 89.6 Å². The second kappa shape index (κ2) is 8.44. The maximum absolute atomic E-state index is 12.1. The normalized spacial score (nSPS) is 11.1. The molecule has 0 aliphatic rings. The number of nitrogen functional groups attached to an aromatic ring is 1. The maximum Gasteiger partial charge on any atom is 0.244 e. The minimum absolute atomic E-state index is 0.190. The highest BCUT2D eigenvalue weighted by atomic mass is 32.1. The van der Waals surface area contributed by atoms with Crippen molar-refractivity contribution in [3.63, 3.8) is 0 Å². The second-order valence-electron chi connectivity index (χ2n) is 5.71. The molecule has 3 N–H and O–H groups in total. The van der Waals surface area contributed by atoms with Gasteiger partial charge in [-0.05, 0) is 36.2 Å².